The van der Waals surface area contributed by atoms with Crippen molar-refractivity contribution >= 4 is 27.5 Å². The molecule has 0 atom stereocenters. The summed E-state index contributed by atoms with van der Waals surface area (Å²) in [7, 11) is -3.57. The van der Waals surface area contributed by atoms with E-state index in [4.69, 9.17) is 0 Å². The Labute approximate surface area is 190 Å². The molecule has 1 aliphatic heterocycles. The van der Waals surface area contributed by atoms with Gasteiger partial charge in [0.2, 0.25) is 15.9 Å². The number of piperidine rings is 1. The van der Waals surface area contributed by atoms with Crippen LogP contribution in [0.5, 0.6) is 0 Å². The molecule has 0 bridgehead atoms. The second-order valence-electron chi connectivity index (χ2n) is 8.27. The first-order valence-corrected chi connectivity index (χ1v) is 12.4. The number of benzene rings is 2. The molecule has 0 saturated carbocycles. The number of sulfonamides is 1. The van der Waals surface area contributed by atoms with Gasteiger partial charge in [-0.1, -0.05) is 24.6 Å². The predicted octanol–water partition coefficient (Wildman–Crippen LogP) is 3.48. The Morgan fingerprint density at radius 1 is 1.03 bits per heavy atom. The van der Waals surface area contributed by atoms with E-state index in [0.717, 1.165) is 17.5 Å². The van der Waals surface area contributed by atoms with Gasteiger partial charge in [0.1, 0.15) is 0 Å². The van der Waals surface area contributed by atoms with Crippen molar-refractivity contribution < 1.29 is 18.0 Å². The number of aryl methyl sites for hydroxylation is 2. The first kappa shape index (κ1) is 23.9. The maximum absolute atomic E-state index is 13.0. The molecule has 2 amide bonds. The van der Waals surface area contributed by atoms with E-state index in [2.05, 4.69) is 10.6 Å². The zero-order valence-corrected chi connectivity index (χ0v) is 19.7. The average molecular weight is 458 g/mol. The van der Waals surface area contributed by atoms with E-state index in [9.17, 15) is 18.0 Å². The molecule has 172 valence electrons. The predicted molar refractivity (Wildman–Crippen MR) is 125 cm³/mol. The van der Waals surface area contributed by atoms with Crippen LogP contribution >= 0.6 is 0 Å². The Bertz CT molecular complexity index is 1070. The Morgan fingerprint density at radius 3 is 2.28 bits per heavy atom. The van der Waals surface area contributed by atoms with Crippen LogP contribution < -0.4 is 10.6 Å². The molecule has 2 aromatic carbocycles. The van der Waals surface area contributed by atoms with Crippen molar-refractivity contribution in [3.8, 4) is 0 Å². The molecule has 8 heteroatoms. The SMILES string of the molecule is CCCNC(=O)c1ccc(NC(=O)C2CCN(S(=O)(=O)c3ccc(C)cc3C)CC2)cc1. The molecular formula is C24H31N3O4S. The van der Waals surface area contributed by atoms with Crippen LogP contribution in [0.1, 0.15) is 47.7 Å². The Hall–Kier alpha value is -2.71. The van der Waals surface area contributed by atoms with Gasteiger partial charge in [0, 0.05) is 36.8 Å². The summed E-state index contributed by atoms with van der Waals surface area (Å²) in [6.45, 7) is 6.97. The highest BCUT2D eigenvalue weighted by Crippen LogP contribution is 2.27. The van der Waals surface area contributed by atoms with E-state index >= 15 is 0 Å². The van der Waals surface area contributed by atoms with Crippen LogP contribution in [0.15, 0.2) is 47.4 Å². The summed E-state index contributed by atoms with van der Waals surface area (Å²) >= 11 is 0. The number of hydrogen-bond acceptors (Lipinski definition) is 4. The molecule has 1 aliphatic rings. The molecule has 0 unspecified atom stereocenters. The molecule has 0 spiro atoms. The molecule has 0 radical (unpaired) electrons. The minimum atomic E-state index is -3.57. The quantitative estimate of drug-likeness (QED) is 0.665. The summed E-state index contributed by atoms with van der Waals surface area (Å²) in [4.78, 5) is 25.0. The summed E-state index contributed by atoms with van der Waals surface area (Å²) < 4.78 is 27.5. The van der Waals surface area contributed by atoms with Gasteiger partial charge in [-0.25, -0.2) is 8.42 Å². The van der Waals surface area contributed by atoms with E-state index in [-0.39, 0.29) is 17.7 Å². The van der Waals surface area contributed by atoms with Crippen molar-refractivity contribution in [3.05, 3.63) is 59.2 Å². The van der Waals surface area contributed by atoms with Crippen LogP contribution in [0.2, 0.25) is 0 Å². The van der Waals surface area contributed by atoms with Crippen LogP contribution in [-0.2, 0) is 14.8 Å². The fourth-order valence-electron chi connectivity index (χ4n) is 3.88. The highest BCUT2D eigenvalue weighted by molar-refractivity contribution is 7.89. The average Bonchev–Trinajstić information content (AvgIpc) is 2.77. The van der Waals surface area contributed by atoms with Gasteiger partial charge in [-0.3, -0.25) is 9.59 Å². The van der Waals surface area contributed by atoms with Gasteiger partial charge in [0.15, 0.2) is 0 Å². The minimum absolute atomic E-state index is 0.128. The highest BCUT2D eigenvalue weighted by atomic mass is 32.2. The van der Waals surface area contributed by atoms with Gasteiger partial charge in [0.05, 0.1) is 4.90 Å². The lowest BCUT2D eigenvalue weighted by Gasteiger charge is -2.31. The van der Waals surface area contributed by atoms with Crippen LogP contribution in [0.4, 0.5) is 5.69 Å². The molecule has 2 aromatic rings. The number of amides is 2. The molecule has 1 fully saturated rings. The zero-order chi connectivity index (χ0) is 23.3. The van der Waals surface area contributed by atoms with Crippen molar-refractivity contribution in [2.24, 2.45) is 5.92 Å². The third kappa shape index (κ3) is 5.55. The van der Waals surface area contributed by atoms with Crippen molar-refractivity contribution in [2.45, 2.75) is 44.9 Å². The lowest BCUT2D eigenvalue weighted by Crippen LogP contribution is -2.41. The molecule has 2 N–H and O–H groups in total. The Kier molecular flexibility index (Phi) is 7.69. The topological polar surface area (TPSA) is 95.6 Å². The molecule has 32 heavy (non-hydrogen) atoms. The number of carbonyl (C=O) groups excluding carboxylic acids is 2. The standard InChI is InChI=1S/C24H31N3O4S/c1-4-13-25-23(28)19-6-8-21(9-7-19)26-24(29)20-11-14-27(15-12-20)32(30,31)22-10-5-17(2)16-18(22)3/h5-10,16,20H,4,11-15H2,1-3H3,(H,25,28)(H,26,29). The number of hydrogen-bond donors (Lipinski definition) is 2. The second-order valence-corrected chi connectivity index (χ2v) is 10.2. The van der Waals surface area contributed by atoms with Crippen molar-refractivity contribution in [2.75, 3.05) is 25.0 Å². The lowest BCUT2D eigenvalue weighted by atomic mass is 9.97. The molecule has 0 aliphatic carbocycles. The third-order valence-electron chi connectivity index (χ3n) is 5.72. The summed E-state index contributed by atoms with van der Waals surface area (Å²) in [5.74, 6) is -0.521. The van der Waals surface area contributed by atoms with Crippen molar-refractivity contribution in [1.82, 2.24) is 9.62 Å². The monoisotopic (exact) mass is 457 g/mol. The molecule has 1 saturated heterocycles. The van der Waals surface area contributed by atoms with E-state index in [1.165, 1.54) is 4.31 Å². The highest BCUT2D eigenvalue weighted by Gasteiger charge is 2.32. The van der Waals surface area contributed by atoms with Gasteiger partial charge in [-0.05, 0) is 69.0 Å². The maximum atomic E-state index is 13.0. The number of carbonyl (C=O) groups is 2. The molecule has 0 aromatic heterocycles. The van der Waals surface area contributed by atoms with Gasteiger partial charge < -0.3 is 10.6 Å². The normalized spacial score (nSPS) is 15.3. The summed E-state index contributed by atoms with van der Waals surface area (Å²) in [6, 6.07) is 12.1. The number of nitrogens with zero attached hydrogens (tertiary/aromatic N) is 1. The molecule has 7 nitrogen and oxygen atoms in total. The lowest BCUT2D eigenvalue weighted by molar-refractivity contribution is -0.120. The molecule has 1 heterocycles. The number of anilines is 1. The summed E-state index contributed by atoms with van der Waals surface area (Å²) in [6.07, 6.45) is 1.80. The Morgan fingerprint density at radius 2 is 1.69 bits per heavy atom. The fraction of sp³-hybridized carbons (Fsp3) is 0.417. The van der Waals surface area contributed by atoms with Gasteiger partial charge in [0.25, 0.3) is 5.91 Å². The van der Waals surface area contributed by atoms with Gasteiger partial charge >= 0.3 is 0 Å². The third-order valence-corrected chi connectivity index (χ3v) is 7.78. The number of rotatable bonds is 7. The van der Waals surface area contributed by atoms with E-state index < -0.39 is 10.0 Å². The van der Waals surface area contributed by atoms with Crippen LogP contribution in [0.3, 0.4) is 0 Å². The van der Waals surface area contributed by atoms with E-state index in [0.29, 0.717) is 48.6 Å². The summed E-state index contributed by atoms with van der Waals surface area (Å²) in [5.41, 5.74) is 2.91. The van der Waals surface area contributed by atoms with Gasteiger partial charge in [-0.15, -0.1) is 0 Å². The van der Waals surface area contributed by atoms with Crippen molar-refractivity contribution in [3.63, 3.8) is 0 Å². The minimum Gasteiger partial charge on any atom is -0.352 e. The van der Waals surface area contributed by atoms with Gasteiger partial charge in [-0.2, -0.15) is 4.31 Å². The van der Waals surface area contributed by atoms with Crippen LogP contribution in [0.25, 0.3) is 0 Å². The zero-order valence-electron chi connectivity index (χ0n) is 18.8. The fourth-order valence-corrected chi connectivity index (χ4v) is 5.55. The first-order valence-electron chi connectivity index (χ1n) is 11.0. The smallest absolute Gasteiger partial charge is 0.251 e. The van der Waals surface area contributed by atoms with Crippen molar-refractivity contribution in [1.29, 1.82) is 0 Å². The molecular weight excluding hydrogens is 426 g/mol. The Balaban J connectivity index is 1.57. The van der Waals surface area contributed by atoms with E-state index in [1.54, 1.807) is 43.3 Å². The molecule has 3 rings (SSSR count). The number of nitrogens with one attached hydrogen (secondary N) is 2. The maximum Gasteiger partial charge on any atom is 0.251 e. The van der Waals surface area contributed by atoms with Crippen LogP contribution in [0, 0.1) is 19.8 Å². The second kappa shape index (κ2) is 10.3. The largest absolute Gasteiger partial charge is 0.352 e. The summed E-state index contributed by atoms with van der Waals surface area (Å²) in [5, 5.41) is 5.70. The van der Waals surface area contributed by atoms with Crippen LogP contribution in [-0.4, -0.2) is 44.2 Å². The van der Waals surface area contributed by atoms with E-state index in [1.807, 2.05) is 19.9 Å². The first-order chi connectivity index (χ1) is 15.2.